The van der Waals surface area contributed by atoms with E-state index in [1.165, 1.54) is 41.4 Å². The Labute approximate surface area is 126 Å². The van der Waals surface area contributed by atoms with Gasteiger partial charge in [0.15, 0.2) is 0 Å². The van der Waals surface area contributed by atoms with Crippen molar-refractivity contribution in [1.82, 2.24) is 0 Å². The van der Waals surface area contributed by atoms with Gasteiger partial charge < -0.3 is 0 Å². The van der Waals surface area contributed by atoms with E-state index in [0.29, 0.717) is 22.5 Å². The maximum Gasteiger partial charge on any atom is 0.280 e. The lowest BCUT2D eigenvalue weighted by Gasteiger charge is -2.11. The van der Waals surface area contributed by atoms with Crippen molar-refractivity contribution < 1.29 is 13.6 Å². The van der Waals surface area contributed by atoms with Crippen molar-refractivity contribution in [3.8, 4) is 0 Å². The van der Waals surface area contributed by atoms with Crippen molar-refractivity contribution in [2.24, 2.45) is 5.10 Å². The lowest BCUT2D eigenvalue weighted by atomic mass is 10.1. The second-order valence-corrected chi connectivity index (χ2v) is 4.89. The molecule has 0 N–H and O–H groups in total. The van der Waals surface area contributed by atoms with Crippen molar-refractivity contribution in [1.29, 1.82) is 0 Å². The predicted octanol–water partition coefficient (Wildman–Crippen LogP) is 3.77. The Hall–Kier alpha value is -2.82. The largest absolute Gasteiger partial charge is 0.280 e. The van der Waals surface area contributed by atoms with E-state index in [1.54, 1.807) is 25.1 Å². The van der Waals surface area contributed by atoms with Gasteiger partial charge in [-0.2, -0.15) is 10.1 Å². The number of nitrogens with zero attached hydrogens (tertiary/aromatic N) is 2. The summed E-state index contributed by atoms with van der Waals surface area (Å²) in [5, 5.41) is 5.43. The zero-order valence-corrected chi connectivity index (χ0v) is 11.8. The zero-order chi connectivity index (χ0) is 15.7. The molecule has 0 radical (unpaired) electrons. The first-order valence-corrected chi connectivity index (χ1v) is 6.67. The number of anilines is 1. The van der Waals surface area contributed by atoms with Gasteiger partial charge in [-0.15, -0.1) is 0 Å². The van der Waals surface area contributed by atoms with Crippen LogP contribution in [0.4, 0.5) is 14.5 Å². The van der Waals surface area contributed by atoms with E-state index in [2.05, 4.69) is 5.10 Å². The molecular weight excluding hydrogens is 286 g/mol. The number of hydrogen-bond acceptors (Lipinski definition) is 2. The molecule has 2 aromatic rings. The first kappa shape index (κ1) is 14.1. The SMILES string of the molecule is CC1=NN(c2ccc(F)cc2)C(=O)/C1=C/c1ccc(F)cc1. The van der Waals surface area contributed by atoms with Crippen LogP contribution in [0.2, 0.25) is 0 Å². The van der Waals surface area contributed by atoms with Crippen LogP contribution in [0.15, 0.2) is 59.2 Å². The van der Waals surface area contributed by atoms with Crippen molar-refractivity contribution >= 4 is 23.4 Å². The monoisotopic (exact) mass is 298 g/mol. The van der Waals surface area contributed by atoms with Gasteiger partial charge in [-0.25, -0.2) is 8.78 Å². The highest BCUT2D eigenvalue weighted by atomic mass is 19.1. The molecule has 1 amide bonds. The van der Waals surface area contributed by atoms with Crippen LogP contribution in [0, 0.1) is 11.6 Å². The Balaban J connectivity index is 1.92. The van der Waals surface area contributed by atoms with Crippen molar-refractivity contribution in [2.75, 3.05) is 5.01 Å². The molecule has 0 unspecified atom stereocenters. The van der Waals surface area contributed by atoms with Gasteiger partial charge >= 0.3 is 0 Å². The third-order valence-corrected chi connectivity index (χ3v) is 3.31. The van der Waals surface area contributed by atoms with Crippen molar-refractivity contribution in [3.63, 3.8) is 0 Å². The third kappa shape index (κ3) is 2.65. The van der Waals surface area contributed by atoms with E-state index < -0.39 is 0 Å². The molecule has 0 aromatic heterocycles. The van der Waals surface area contributed by atoms with Gasteiger partial charge in [0.25, 0.3) is 5.91 Å². The van der Waals surface area contributed by atoms with Crippen LogP contribution in [-0.2, 0) is 4.79 Å². The highest BCUT2D eigenvalue weighted by molar-refractivity contribution is 6.32. The number of carbonyl (C=O) groups is 1. The topological polar surface area (TPSA) is 32.7 Å². The fourth-order valence-electron chi connectivity index (χ4n) is 2.17. The van der Waals surface area contributed by atoms with Gasteiger partial charge in [-0.1, -0.05) is 12.1 Å². The fraction of sp³-hybridized carbons (Fsp3) is 0.0588. The highest BCUT2D eigenvalue weighted by Crippen LogP contribution is 2.25. The highest BCUT2D eigenvalue weighted by Gasteiger charge is 2.28. The lowest BCUT2D eigenvalue weighted by molar-refractivity contribution is -0.114. The van der Waals surface area contributed by atoms with Gasteiger partial charge in [0.1, 0.15) is 11.6 Å². The Bertz CT molecular complexity index is 777. The average molecular weight is 298 g/mol. The third-order valence-electron chi connectivity index (χ3n) is 3.31. The molecule has 3 nitrogen and oxygen atoms in total. The molecule has 0 saturated carbocycles. The summed E-state index contributed by atoms with van der Waals surface area (Å²) in [6.45, 7) is 1.72. The smallest absolute Gasteiger partial charge is 0.267 e. The summed E-state index contributed by atoms with van der Waals surface area (Å²) in [6.07, 6.45) is 1.66. The van der Waals surface area contributed by atoms with E-state index in [-0.39, 0.29) is 17.5 Å². The molecule has 0 spiro atoms. The molecule has 3 rings (SSSR count). The van der Waals surface area contributed by atoms with Gasteiger partial charge in [0, 0.05) is 0 Å². The number of carbonyl (C=O) groups excluding carboxylic acids is 1. The number of rotatable bonds is 2. The van der Waals surface area contributed by atoms with Crippen LogP contribution in [0.25, 0.3) is 6.08 Å². The minimum absolute atomic E-state index is 0.298. The second kappa shape index (κ2) is 5.52. The number of hydrogen-bond donors (Lipinski definition) is 0. The van der Waals surface area contributed by atoms with Crippen molar-refractivity contribution in [3.05, 3.63) is 71.3 Å². The molecular formula is C17H12F2N2O. The molecule has 0 aliphatic carbocycles. The molecule has 1 heterocycles. The summed E-state index contributed by atoms with van der Waals surface area (Å²) >= 11 is 0. The number of amides is 1. The quantitative estimate of drug-likeness (QED) is 0.777. The van der Waals surface area contributed by atoms with Crippen LogP contribution in [0.1, 0.15) is 12.5 Å². The zero-order valence-electron chi connectivity index (χ0n) is 11.8. The van der Waals surface area contributed by atoms with Crippen LogP contribution in [0.5, 0.6) is 0 Å². The molecule has 110 valence electrons. The van der Waals surface area contributed by atoms with Crippen LogP contribution >= 0.6 is 0 Å². The van der Waals surface area contributed by atoms with E-state index in [0.717, 1.165) is 0 Å². The second-order valence-electron chi connectivity index (χ2n) is 4.89. The standard InChI is InChI=1S/C17H12F2N2O/c1-11-16(10-12-2-4-13(18)5-3-12)17(22)21(20-11)15-8-6-14(19)7-9-15/h2-10H,1H3/b16-10+. The first-order valence-electron chi connectivity index (χ1n) is 6.67. The lowest BCUT2D eigenvalue weighted by Crippen LogP contribution is -2.21. The van der Waals surface area contributed by atoms with Gasteiger partial charge in [0.2, 0.25) is 0 Å². The number of hydrazone groups is 1. The molecule has 0 bridgehead atoms. The fourth-order valence-corrected chi connectivity index (χ4v) is 2.17. The maximum absolute atomic E-state index is 13.0. The van der Waals surface area contributed by atoms with Crippen LogP contribution in [0.3, 0.4) is 0 Å². The van der Waals surface area contributed by atoms with E-state index in [9.17, 15) is 13.6 Å². The summed E-state index contributed by atoms with van der Waals surface area (Å²) in [5.41, 5.74) is 2.18. The summed E-state index contributed by atoms with van der Waals surface area (Å²) in [7, 11) is 0. The predicted molar refractivity (Wildman–Crippen MR) is 81.4 cm³/mol. The minimum atomic E-state index is -0.377. The Morgan fingerprint density at radius 1 is 0.955 bits per heavy atom. The average Bonchev–Trinajstić information content (AvgIpc) is 2.78. The van der Waals surface area contributed by atoms with Crippen LogP contribution in [-0.4, -0.2) is 11.6 Å². The summed E-state index contributed by atoms with van der Waals surface area (Å²) in [4.78, 5) is 12.4. The first-order chi connectivity index (χ1) is 10.5. The molecule has 5 heteroatoms. The van der Waals surface area contributed by atoms with Crippen LogP contribution < -0.4 is 5.01 Å². The summed E-state index contributed by atoms with van der Waals surface area (Å²) in [5.74, 6) is -1.01. The Morgan fingerprint density at radius 3 is 2.09 bits per heavy atom. The normalized spacial score (nSPS) is 16.3. The van der Waals surface area contributed by atoms with E-state index in [1.807, 2.05) is 0 Å². The summed E-state index contributed by atoms with van der Waals surface area (Å²) in [6, 6.07) is 11.4. The van der Waals surface area contributed by atoms with Gasteiger partial charge in [-0.3, -0.25) is 4.79 Å². The van der Waals surface area contributed by atoms with Crippen molar-refractivity contribution in [2.45, 2.75) is 6.92 Å². The van der Waals surface area contributed by atoms with E-state index in [4.69, 9.17) is 0 Å². The minimum Gasteiger partial charge on any atom is -0.267 e. The number of halogens is 2. The molecule has 1 aliphatic heterocycles. The molecule has 0 fully saturated rings. The number of benzene rings is 2. The Kier molecular flexibility index (Phi) is 3.55. The molecule has 22 heavy (non-hydrogen) atoms. The molecule has 2 aromatic carbocycles. The van der Waals surface area contributed by atoms with Gasteiger partial charge in [0.05, 0.1) is 17.0 Å². The Morgan fingerprint density at radius 2 is 1.50 bits per heavy atom. The molecule has 1 aliphatic rings. The van der Waals surface area contributed by atoms with Gasteiger partial charge in [-0.05, 0) is 55.0 Å². The summed E-state index contributed by atoms with van der Waals surface area (Å²) < 4.78 is 25.9. The molecule has 0 atom stereocenters. The molecule has 0 saturated heterocycles. The van der Waals surface area contributed by atoms with E-state index >= 15 is 0 Å². The maximum atomic E-state index is 13.0.